The molecule has 154 valence electrons. The molecular weight excluding hydrogens is 386 g/mol. The van der Waals surface area contributed by atoms with Gasteiger partial charge in [0.05, 0.1) is 18.1 Å². The minimum Gasteiger partial charge on any atom is -0.372 e. The first kappa shape index (κ1) is 19.5. The Kier molecular flexibility index (Phi) is 4.92. The molecule has 0 aliphatic carbocycles. The van der Waals surface area contributed by atoms with E-state index in [1.807, 2.05) is 30.3 Å². The summed E-state index contributed by atoms with van der Waals surface area (Å²) in [7, 11) is 2.95. The van der Waals surface area contributed by atoms with Gasteiger partial charge >= 0.3 is 5.69 Å². The Morgan fingerprint density at radius 3 is 2.40 bits per heavy atom. The van der Waals surface area contributed by atoms with Gasteiger partial charge in [-0.05, 0) is 19.1 Å². The average Bonchev–Trinajstić information content (AvgIpc) is 3.22. The topological polar surface area (TPSA) is 120 Å². The average molecular weight is 407 g/mol. The number of benzene rings is 1. The van der Waals surface area contributed by atoms with Gasteiger partial charge in [-0.15, -0.1) is 10.2 Å². The Morgan fingerprint density at radius 2 is 1.73 bits per heavy atom. The molecule has 3 aromatic heterocycles. The van der Waals surface area contributed by atoms with Crippen LogP contribution in [0.1, 0.15) is 13.0 Å². The molecule has 0 saturated heterocycles. The third kappa shape index (κ3) is 3.26. The number of fused-ring (bicyclic) bond motifs is 1. The lowest BCUT2D eigenvalue weighted by atomic mass is 10.1. The van der Waals surface area contributed by atoms with Crippen LogP contribution in [0.15, 0.2) is 58.4 Å². The molecule has 4 rings (SSSR count). The van der Waals surface area contributed by atoms with E-state index in [1.165, 1.54) is 17.9 Å². The van der Waals surface area contributed by atoms with Crippen LogP contribution in [0.5, 0.6) is 0 Å². The Bertz CT molecular complexity index is 1310. The van der Waals surface area contributed by atoms with E-state index in [0.29, 0.717) is 11.5 Å². The van der Waals surface area contributed by atoms with E-state index in [9.17, 15) is 14.7 Å². The van der Waals surface area contributed by atoms with Crippen molar-refractivity contribution in [2.75, 3.05) is 5.32 Å². The number of hydrogen-bond acceptors (Lipinski definition) is 7. The number of aromatic nitrogens is 6. The van der Waals surface area contributed by atoms with E-state index < -0.39 is 23.5 Å². The van der Waals surface area contributed by atoms with Gasteiger partial charge < -0.3 is 15.0 Å². The lowest BCUT2D eigenvalue weighted by molar-refractivity contribution is 0.148. The number of imidazole rings is 1. The number of aryl methyl sites for hydroxylation is 1. The predicted octanol–water partition coefficient (Wildman–Crippen LogP) is 0.882. The summed E-state index contributed by atoms with van der Waals surface area (Å²) < 4.78 is 3.86. The summed E-state index contributed by atoms with van der Waals surface area (Å²) in [4.78, 5) is 28.9. The predicted molar refractivity (Wildman–Crippen MR) is 112 cm³/mol. The fourth-order valence-electron chi connectivity index (χ4n) is 3.27. The van der Waals surface area contributed by atoms with Crippen molar-refractivity contribution >= 4 is 17.0 Å². The second-order valence-corrected chi connectivity index (χ2v) is 7.03. The second-order valence-electron chi connectivity index (χ2n) is 7.03. The molecule has 0 fully saturated rings. The number of nitrogens with one attached hydrogen (secondary N) is 1. The fraction of sp³-hybridized carbons (Fsp3) is 0.250. The van der Waals surface area contributed by atoms with Gasteiger partial charge in [0.1, 0.15) is 6.23 Å². The van der Waals surface area contributed by atoms with E-state index in [1.54, 1.807) is 30.7 Å². The SMILES string of the molecule is C[C@@H](C(O)Nc1ccc(-c2ccccc2)nn1)n1cnc2c1c(=O)n(C)c(=O)n2C. The van der Waals surface area contributed by atoms with Gasteiger partial charge in [-0.1, -0.05) is 30.3 Å². The molecule has 4 aromatic rings. The number of anilines is 1. The number of nitrogens with zero attached hydrogens (tertiary/aromatic N) is 6. The number of hydrogen-bond donors (Lipinski definition) is 2. The first-order valence-electron chi connectivity index (χ1n) is 9.35. The van der Waals surface area contributed by atoms with Crippen LogP contribution in [0.2, 0.25) is 0 Å². The molecule has 0 aliphatic heterocycles. The molecule has 0 bridgehead atoms. The summed E-state index contributed by atoms with van der Waals surface area (Å²) in [5, 5.41) is 21.9. The van der Waals surface area contributed by atoms with E-state index in [-0.39, 0.29) is 11.2 Å². The highest BCUT2D eigenvalue weighted by atomic mass is 16.3. The molecule has 10 heteroatoms. The van der Waals surface area contributed by atoms with Crippen LogP contribution in [0.3, 0.4) is 0 Å². The van der Waals surface area contributed by atoms with Crippen molar-refractivity contribution in [2.24, 2.45) is 14.1 Å². The molecular formula is C20H21N7O3. The van der Waals surface area contributed by atoms with Gasteiger partial charge in [0, 0.05) is 19.7 Å². The molecule has 1 aromatic carbocycles. The van der Waals surface area contributed by atoms with Crippen LogP contribution >= 0.6 is 0 Å². The monoisotopic (exact) mass is 407 g/mol. The fourth-order valence-corrected chi connectivity index (χ4v) is 3.27. The molecule has 30 heavy (non-hydrogen) atoms. The standard InChI is InChI=1S/C20H21N7O3/c1-12(27-11-21-17-16(27)19(29)26(3)20(30)25(17)2)18(28)22-15-10-9-14(23-24-15)13-7-5-4-6-8-13/h4-12,18,28H,1-3H3,(H,22,24)/t12-,18?/m0/s1. The molecule has 2 atom stereocenters. The number of aliphatic hydroxyl groups is 1. The molecule has 10 nitrogen and oxygen atoms in total. The Labute approximate surface area is 171 Å². The largest absolute Gasteiger partial charge is 0.372 e. The number of rotatable bonds is 5. The van der Waals surface area contributed by atoms with Crippen molar-refractivity contribution in [3.8, 4) is 11.3 Å². The molecule has 3 heterocycles. The van der Waals surface area contributed by atoms with Gasteiger partial charge in [-0.25, -0.2) is 9.78 Å². The maximum atomic E-state index is 12.6. The van der Waals surface area contributed by atoms with Crippen molar-refractivity contribution in [1.82, 2.24) is 28.9 Å². The van der Waals surface area contributed by atoms with Crippen LogP contribution in [0.25, 0.3) is 22.4 Å². The molecule has 1 unspecified atom stereocenters. The van der Waals surface area contributed by atoms with Crippen LogP contribution < -0.4 is 16.6 Å². The van der Waals surface area contributed by atoms with Gasteiger partial charge in [-0.2, -0.15) is 0 Å². The summed E-state index contributed by atoms with van der Waals surface area (Å²) >= 11 is 0. The van der Waals surface area contributed by atoms with E-state index >= 15 is 0 Å². The van der Waals surface area contributed by atoms with E-state index in [4.69, 9.17) is 0 Å². The summed E-state index contributed by atoms with van der Waals surface area (Å²) in [5.41, 5.74) is 1.22. The zero-order valence-corrected chi connectivity index (χ0v) is 16.7. The van der Waals surface area contributed by atoms with Crippen molar-refractivity contribution in [3.63, 3.8) is 0 Å². The lowest BCUT2D eigenvalue weighted by Crippen LogP contribution is -2.38. The van der Waals surface area contributed by atoms with Crippen molar-refractivity contribution in [3.05, 3.63) is 69.6 Å². The van der Waals surface area contributed by atoms with Crippen molar-refractivity contribution in [1.29, 1.82) is 0 Å². The first-order chi connectivity index (χ1) is 14.4. The van der Waals surface area contributed by atoms with Gasteiger partial charge in [0.25, 0.3) is 5.56 Å². The Morgan fingerprint density at radius 1 is 1.00 bits per heavy atom. The number of aliphatic hydroxyl groups excluding tert-OH is 1. The van der Waals surface area contributed by atoms with E-state index in [2.05, 4.69) is 20.5 Å². The maximum absolute atomic E-state index is 12.6. The normalized spacial score (nSPS) is 13.3. The molecule has 0 aliphatic rings. The Balaban J connectivity index is 1.60. The minimum absolute atomic E-state index is 0.235. The highest BCUT2D eigenvalue weighted by molar-refractivity contribution is 5.70. The third-order valence-corrected chi connectivity index (χ3v) is 5.10. The summed E-state index contributed by atoms with van der Waals surface area (Å²) in [5.74, 6) is 0.388. The molecule has 2 N–H and O–H groups in total. The summed E-state index contributed by atoms with van der Waals surface area (Å²) in [6.45, 7) is 1.73. The molecule has 0 radical (unpaired) electrons. The zero-order valence-electron chi connectivity index (χ0n) is 16.7. The highest BCUT2D eigenvalue weighted by Crippen LogP contribution is 2.20. The molecule has 0 amide bonds. The van der Waals surface area contributed by atoms with Gasteiger partial charge in [-0.3, -0.25) is 13.9 Å². The quantitative estimate of drug-likeness (QED) is 0.471. The second kappa shape index (κ2) is 7.56. The van der Waals surface area contributed by atoms with Crippen molar-refractivity contribution < 1.29 is 5.11 Å². The van der Waals surface area contributed by atoms with Crippen molar-refractivity contribution in [2.45, 2.75) is 19.2 Å². The molecule has 0 saturated carbocycles. The molecule has 0 spiro atoms. The van der Waals surface area contributed by atoms with Crippen LogP contribution in [0.4, 0.5) is 5.82 Å². The smallest absolute Gasteiger partial charge is 0.332 e. The van der Waals surface area contributed by atoms with Crippen LogP contribution in [-0.4, -0.2) is 40.2 Å². The minimum atomic E-state index is -1.08. The maximum Gasteiger partial charge on any atom is 0.332 e. The van der Waals surface area contributed by atoms with E-state index in [0.717, 1.165) is 10.1 Å². The van der Waals surface area contributed by atoms with Gasteiger partial charge in [0.15, 0.2) is 17.0 Å². The summed E-state index contributed by atoms with van der Waals surface area (Å²) in [6, 6.07) is 12.6. The third-order valence-electron chi connectivity index (χ3n) is 5.10. The lowest BCUT2D eigenvalue weighted by Gasteiger charge is -2.22. The summed E-state index contributed by atoms with van der Waals surface area (Å²) in [6.07, 6.45) is 0.354. The first-order valence-corrected chi connectivity index (χ1v) is 9.35. The Hall–Kier alpha value is -3.79. The highest BCUT2D eigenvalue weighted by Gasteiger charge is 2.22. The zero-order chi connectivity index (χ0) is 21.4. The van der Waals surface area contributed by atoms with Gasteiger partial charge in [0.2, 0.25) is 0 Å². The van der Waals surface area contributed by atoms with Crippen LogP contribution in [-0.2, 0) is 14.1 Å². The van der Waals surface area contributed by atoms with Crippen LogP contribution in [0, 0.1) is 0 Å².